The minimum atomic E-state index is 0.607. The lowest BCUT2D eigenvalue weighted by Gasteiger charge is -2.20. The van der Waals surface area contributed by atoms with Crippen LogP contribution in [0, 0.1) is 25.2 Å². The third kappa shape index (κ3) is 2.49. The van der Waals surface area contributed by atoms with Crippen molar-refractivity contribution in [2.75, 3.05) is 6.54 Å². The molecule has 18 heavy (non-hydrogen) atoms. The summed E-state index contributed by atoms with van der Waals surface area (Å²) >= 11 is 0. The van der Waals surface area contributed by atoms with Gasteiger partial charge in [0, 0.05) is 31.0 Å². The van der Waals surface area contributed by atoms with Crippen molar-refractivity contribution in [2.45, 2.75) is 60.5 Å². The van der Waals surface area contributed by atoms with Crippen LogP contribution in [0.3, 0.4) is 0 Å². The fourth-order valence-electron chi connectivity index (χ4n) is 3.10. The van der Waals surface area contributed by atoms with Crippen LogP contribution >= 0.6 is 0 Å². The molecule has 0 aliphatic heterocycles. The molecule has 0 aromatic carbocycles. The summed E-state index contributed by atoms with van der Waals surface area (Å²) in [7, 11) is 0. The van der Waals surface area contributed by atoms with Gasteiger partial charge < -0.3 is 9.88 Å². The lowest BCUT2D eigenvalue weighted by atomic mass is 9.92. The molecule has 2 rings (SSSR count). The van der Waals surface area contributed by atoms with Gasteiger partial charge in [0.2, 0.25) is 0 Å². The summed E-state index contributed by atoms with van der Waals surface area (Å²) in [6, 6.07) is 2.33. The highest BCUT2D eigenvalue weighted by atomic mass is 15.0. The van der Waals surface area contributed by atoms with Crippen molar-refractivity contribution in [3.8, 4) is 0 Å². The SMILES string of the molecule is CCn1c(C)cc(CNCC2(C(C)C)CC2)c1C. The van der Waals surface area contributed by atoms with Gasteiger partial charge >= 0.3 is 0 Å². The smallest absolute Gasteiger partial charge is 0.0223 e. The average molecular weight is 248 g/mol. The molecule has 1 heterocycles. The first-order valence-electron chi connectivity index (χ1n) is 7.36. The fraction of sp³-hybridized carbons (Fsp3) is 0.750. The summed E-state index contributed by atoms with van der Waals surface area (Å²) in [4.78, 5) is 0. The molecule has 1 N–H and O–H groups in total. The molecular weight excluding hydrogens is 220 g/mol. The quantitative estimate of drug-likeness (QED) is 0.813. The second kappa shape index (κ2) is 5.08. The largest absolute Gasteiger partial charge is 0.349 e. The van der Waals surface area contributed by atoms with Gasteiger partial charge in [-0.05, 0) is 56.6 Å². The van der Waals surface area contributed by atoms with Gasteiger partial charge in [-0.1, -0.05) is 13.8 Å². The Bertz CT molecular complexity index is 411. The first-order chi connectivity index (χ1) is 8.50. The van der Waals surface area contributed by atoms with Crippen LogP contribution in [0.2, 0.25) is 0 Å². The highest BCUT2D eigenvalue weighted by molar-refractivity contribution is 5.26. The highest BCUT2D eigenvalue weighted by Gasteiger charge is 2.44. The van der Waals surface area contributed by atoms with Crippen LogP contribution in [0.5, 0.6) is 0 Å². The number of aryl methyl sites for hydroxylation is 1. The van der Waals surface area contributed by atoms with Crippen LogP contribution in [0.1, 0.15) is 50.6 Å². The first-order valence-corrected chi connectivity index (χ1v) is 7.36. The van der Waals surface area contributed by atoms with Gasteiger partial charge in [-0.15, -0.1) is 0 Å². The summed E-state index contributed by atoms with van der Waals surface area (Å²) in [6.45, 7) is 14.7. The third-order valence-corrected chi connectivity index (χ3v) is 4.90. The van der Waals surface area contributed by atoms with E-state index in [2.05, 4.69) is 50.6 Å². The van der Waals surface area contributed by atoms with Crippen LogP contribution < -0.4 is 5.32 Å². The Hall–Kier alpha value is -0.760. The van der Waals surface area contributed by atoms with Crippen LogP contribution in [0.25, 0.3) is 0 Å². The van der Waals surface area contributed by atoms with E-state index in [0.717, 1.165) is 19.0 Å². The van der Waals surface area contributed by atoms with Crippen LogP contribution in [-0.4, -0.2) is 11.1 Å². The number of nitrogens with zero attached hydrogens (tertiary/aromatic N) is 1. The first kappa shape index (κ1) is 13.7. The van der Waals surface area contributed by atoms with E-state index >= 15 is 0 Å². The van der Waals surface area contributed by atoms with Gasteiger partial charge in [0.1, 0.15) is 0 Å². The molecule has 0 spiro atoms. The van der Waals surface area contributed by atoms with Crippen molar-refractivity contribution in [3.05, 3.63) is 23.0 Å². The molecule has 1 saturated carbocycles. The van der Waals surface area contributed by atoms with E-state index in [9.17, 15) is 0 Å². The van der Waals surface area contributed by atoms with E-state index in [1.165, 1.54) is 36.3 Å². The molecule has 0 unspecified atom stereocenters. The Labute approximate surface area is 112 Å². The van der Waals surface area contributed by atoms with Crippen molar-refractivity contribution in [1.82, 2.24) is 9.88 Å². The number of hydrogen-bond acceptors (Lipinski definition) is 1. The number of rotatable bonds is 6. The molecule has 1 aliphatic carbocycles. The van der Waals surface area contributed by atoms with E-state index < -0.39 is 0 Å². The maximum atomic E-state index is 3.68. The Morgan fingerprint density at radius 3 is 2.44 bits per heavy atom. The predicted molar refractivity (Wildman–Crippen MR) is 77.8 cm³/mol. The number of hydrogen-bond donors (Lipinski definition) is 1. The van der Waals surface area contributed by atoms with Crippen molar-refractivity contribution in [1.29, 1.82) is 0 Å². The van der Waals surface area contributed by atoms with E-state index in [-0.39, 0.29) is 0 Å². The fourth-order valence-corrected chi connectivity index (χ4v) is 3.10. The molecule has 1 fully saturated rings. The van der Waals surface area contributed by atoms with E-state index in [0.29, 0.717) is 5.41 Å². The minimum Gasteiger partial charge on any atom is -0.349 e. The zero-order chi connectivity index (χ0) is 13.3. The Morgan fingerprint density at radius 1 is 1.33 bits per heavy atom. The summed E-state index contributed by atoms with van der Waals surface area (Å²) in [5.74, 6) is 0.813. The molecule has 0 bridgehead atoms. The summed E-state index contributed by atoms with van der Waals surface area (Å²) in [6.07, 6.45) is 2.82. The van der Waals surface area contributed by atoms with Crippen molar-refractivity contribution in [3.63, 3.8) is 0 Å². The predicted octanol–water partition coefficient (Wildman–Crippen LogP) is 3.65. The molecule has 1 aromatic heterocycles. The second-order valence-electron chi connectivity index (χ2n) is 6.26. The van der Waals surface area contributed by atoms with Crippen molar-refractivity contribution in [2.24, 2.45) is 11.3 Å². The molecule has 2 heteroatoms. The van der Waals surface area contributed by atoms with E-state index in [1.54, 1.807) is 0 Å². The lowest BCUT2D eigenvalue weighted by Crippen LogP contribution is -2.27. The molecule has 2 nitrogen and oxygen atoms in total. The van der Waals surface area contributed by atoms with E-state index in [4.69, 9.17) is 0 Å². The third-order valence-electron chi connectivity index (χ3n) is 4.90. The van der Waals surface area contributed by atoms with Crippen LogP contribution in [0.4, 0.5) is 0 Å². The van der Waals surface area contributed by atoms with Gasteiger partial charge in [0.25, 0.3) is 0 Å². The average Bonchev–Trinajstić information content (AvgIpc) is 3.04. The zero-order valence-electron chi connectivity index (χ0n) is 12.6. The summed E-state index contributed by atoms with van der Waals surface area (Å²) < 4.78 is 2.40. The van der Waals surface area contributed by atoms with Crippen molar-refractivity contribution < 1.29 is 0 Å². The minimum absolute atomic E-state index is 0.607. The topological polar surface area (TPSA) is 17.0 Å². The maximum absolute atomic E-state index is 3.68. The number of aromatic nitrogens is 1. The van der Waals surface area contributed by atoms with E-state index in [1.807, 2.05) is 0 Å². The van der Waals surface area contributed by atoms with Gasteiger partial charge in [-0.3, -0.25) is 0 Å². The zero-order valence-corrected chi connectivity index (χ0v) is 12.6. The summed E-state index contributed by atoms with van der Waals surface area (Å²) in [5.41, 5.74) is 4.89. The standard InChI is InChI=1S/C16H28N2/c1-6-18-13(4)9-15(14(18)5)10-17-11-16(7-8-16)12(2)3/h9,12,17H,6-8,10-11H2,1-5H3. The molecule has 1 aliphatic rings. The molecule has 0 amide bonds. The Kier molecular flexibility index (Phi) is 3.86. The van der Waals surface area contributed by atoms with Crippen LogP contribution in [-0.2, 0) is 13.1 Å². The second-order valence-corrected chi connectivity index (χ2v) is 6.26. The highest BCUT2D eigenvalue weighted by Crippen LogP contribution is 2.51. The maximum Gasteiger partial charge on any atom is 0.0223 e. The monoisotopic (exact) mass is 248 g/mol. The Balaban J connectivity index is 1.91. The molecule has 1 aromatic rings. The van der Waals surface area contributed by atoms with Gasteiger partial charge in [0.15, 0.2) is 0 Å². The normalized spacial score (nSPS) is 17.4. The van der Waals surface area contributed by atoms with Gasteiger partial charge in [-0.2, -0.15) is 0 Å². The molecular formula is C16H28N2. The number of nitrogens with one attached hydrogen (secondary N) is 1. The lowest BCUT2D eigenvalue weighted by molar-refractivity contribution is 0.337. The van der Waals surface area contributed by atoms with Crippen molar-refractivity contribution >= 4 is 0 Å². The van der Waals surface area contributed by atoms with Gasteiger partial charge in [-0.25, -0.2) is 0 Å². The Morgan fingerprint density at radius 2 is 2.00 bits per heavy atom. The molecule has 0 saturated heterocycles. The molecule has 0 radical (unpaired) electrons. The molecule has 102 valence electrons. The molecule has 0 atom stereocenters. The summed E-state index contributed by atoms with van der Waals surface area (Å²) in [5, 5.41) is 3.68. The van der Waals surface area contributed by atoms with Crippen LogP contribution in [0.15, 0.2) is 6.07 Å². The van der Waals surface area contributed by atoms with Gasteiger partial charge in [0.05, 0.1) is 0 Å².